The average Bonchev–Trinajstić information content (AvgIpc) is 2.87. The van der Waals surface area contributed by atoms with Gasteiger partial charge in [-0.25, -0.2) is 4.79 Å². The number of benzene rings is 2. The van der Waals surface area contributed by atoms with E-state index < -0.39 is 41.5 Å². The molecule has 0 bridgehead atoms. The van der Waals surface area contributed by atoms with E-state index in [2.05, 4.69) is 16.0 Å². The molecule has 2 aromatic rings. The standard InChI is InChI=1S/C28H35ClN4O6/c1-17(2)23(32-24(36)18-6-5-7-21(14-18)31-26(38)30-15-22(34)35)25(37)33-13-12-28(39,27(3,4)16-33)19-8-10-20(29)11-9-19/h5-11,14,17,23,39H,12-13,15-16H2,1-4H3,(H,32,36)(H,34,35)(H2,30,31,38)/t23-,28+/m1/s1. The third-order valence-electron chi connectivity index (χ3n) is 7.08. The second-order valence-electron chi connectivity index (χ2n) is 10.7. The van der Waals surface area contributed by atoms with Crippen molar-refractivity contribution < 1.29 is 29.4 Å². The molecule has 39 heavy (non-hydrogen) atoms. The predicted octanol–water partition coefficient (Wildman–Crippen LogP) is 3.45. The zero-order valence-corrected chi connectivity index (χ0v) is 23.2. The number of hydrogen-bond donors (Lipinski definition) is 5. The van der Waals surface area contributed by atoms with Gasteiger partial charge in [0.15, 0.2) is 0 Å². The van der Waals surface area contributed by atoms with Gasteiger partial charge in [0.05, 0.1) is 5.60 Å². The number of aliphatic hydroxyl groups is 1. The molecule has 0 aliphatic carbocycles. The minimum Gasteiger partial charge on any atom is -0.480 e. The van der Waals surface area contributed by atoms with Gasteiger partial charge < -0.3 is 31.1 Å². The molecule has 0 spiro atoms. The molecule has 0 aromatic heterocycles. The molecule has 210 valence electrons. The van der Waals surface area contributed by atoms with Gasteiger partial charge in [0.25, 0.3) is 5.91 Å². The molecule has 2 atom stereocenters. The van der Waals surface area contributed by atoms with E-state index in [-0.39, 0.29) is 29.6 Å². The van der Waals surface area contributed by atoms with Crippen molar-refractivity contribution in [3.63, 3.8) is 0 Å². The highest BCUT2D eigenvalue weighted by atomic mass is 35.5. The Kier molecular flexibility index (Phi) is 9.24. The highest BCUT2D eigenvalue weighted by Crippen LogP contribution is 2.46. The van der Waals surface area contributed by atoms with Crippen molar-refractivity contribution in [3.8, 4) is 0 Å². The fourth-order valence-electron chi connectivity index (χ4n) is 4.78. The van der Waals surface area contributed by atoms with E-state index >= 15 is 0 Å². The van der Waals surface area contributed by atoms with E-state index in [1.54, 1.807) is 47.4 Å². The van der Waals surface area contributed by atoms with Crippen LogP contribution in [0, 0.1) is 11.3 Å². The van der Waals surface area contributed by atoms with Crippen LogP contribution in [0.5, 0.6) is 0 Å². The first kappa shape index (κ1) is 29.9. The van der Waals surface area contributed by atoms with Gasteiger partial charge in [-0.05, 0) is 48.2 Å². The lowest BCUT2D eigenvalue weighted by atomic mass is 9.66. The van der Waals surface area contributed by atoms with Crippen molar-refractivity contribution in [1.29, 1.82) is 0 Å². The fourth-order valence-corrected chi connectivity index (χ4v) is 4.90. The highest BCUT2D eigenvalue weighted by Gasteiger charge is 2.50. The monoisotopic (exact) mass is 558 g/mol. The van der Waals surface area contributed by atoms with E-state index in [0.717, 1.165) is 5.56 Å². The summed E-state index contributed by atoms with van der Waals surface area (Å²) in [4.78, 5) is 50.9. The van der Waals surface area contributed by atoms with Crippen LogP contribution in [-0.4, -0.2) is 64.6 Å². The first-order valence-electron chi connectivity index (χ1n) is 12.7. The Morgan fingerprint density at radius 1 is 1.08 bits per heavy atom. The van der Waals surface area contributed by atoms with Gasteiger partial charge in [-0.3, -0.25) is 14.4 Å². The highest BCUT2D eigenvalue weighted by molar-refractivity contribution is 6.30. The number of amides is 4. The van der Waals surface area contributed by atoms with Gasteiger partial charge in [-0.15, -0.1) is 0 Å². The number of carboxylic acids is 1. The number of rotatable bonds is 8. The second-order valence-corrected chi connectivity index (χ2v) is 11.2. The Morgan fingerprint density at radius 2 is 1.74 bits per heavy atom. The van der Waals surface area contributed by atoms with Crippen LogP contribution in [0.2, 0.25) is 5.02 Å². The minimum atomic E-state index is -1.19. The van der Waals surface area contributed by atoms with Crippen LogP contribution in [0.25, 0.3) is 0 Å². The predicted molar refractivity (Wildman–Crippen MR) is 148 cm³/mol. The molecule has 11 heteroatoms. The normalized spacial score (nSPS) is 19.2. The topological polar surface area (TPSA) is 148 Å². The molecule has 1 saturated heterocycles. The Morgan fingerprint density at radius 3 is 2.33 bits per heavy atom. The van der Waals surface area contributed by atoms with Gasteiger partial charge in [0, 0.05) is 34.8 Å². The van der Waals surface area contributed by atoms with E-state index in [1.807, 2.05) is 27.7 Å². The minimum absolute atomic E-state index is 0.218. The van der Waals surface area contributed by atoms with Crippen LogP contribution in [-0.2, 0) is 15.2 Å². The first-order chi connectivity index (χ1) is 18.2. The van der Waals surface area contributed by atoms with Gasteiger partial charge in [0.2, 0.25) is 5.91 Å². The van der Waals surface area contributed by atoms with Crippen LogP contribution < -0.4 is 16.0 Å². The summed E-state index contributed by atoms with van der Waals surface area (Å²) in [6.45, 7) is 7.55. The van der Waals surface area contributed by atoms with Crippen molar-refractivity contribution in [2.24, 2.45) is 11.3 Å². The number of nitrogens with one attached hydrogen (secondary N) is 3. The SMILES string of the molecule is CC(C)[C@@H](NC(=O)c1cccc(NC(=O)NCC(=O)O)c1)C(=O)N1CC[C@](O)(c2ccc(Cl)cc2)C(C)(C)C1. The van der Waals surface area contributed by atoms with E-state index in [0.29, 0.717) is 18.0 Å². The Labute approximate surface area is 232 Å². The molecule has 3 rings (SSSR count). The Balaban J connectivity index is 1.70. The molecule has 0 radical (unpaired) electrons. The van der Waals surface area contributed by atoms with Crippen molar-refractivity contribution >= 4 is 41.1 Å². The Bertz CT molecular complexity index is 1230. The number of aliphatic carboxylic acids is 1. The molecule has 5 N–H and O–H groups in total. The summed E-state index contributed by atoms with van der Waals surface area (Å²) in [7, 11) is 0. The van der Waals surface area contributed by atoms with Crippen molar-refractivity contribution in [2.75, 3.05) is 25.0 Å². The average molecular weight is 559 g/mol. The van der Waals surface area contributed by atoms with Gasteiger partial charge in [-0.1, -0.05) is 57.5 Å². The third kappa shape index (κ3) is 7.07. The lowest BCUT2D eigenvalue weighted by molar-refractivity contribution is -0.155. The summed E-state index contributed by atoms with van der Waals surface area (Å²) >= 11 is 6.03. The quantitative estimate of drug-likeness (QED) is 0.335. The fraction of sp³-hybridized carbons (Fsp3) is 0.429. The molecular weight excluding hydrogens is 524 g/mol. The Hall–Kier alpha value is -3.63. The smallest absolute Gasteiger partial charge is 0.323 e. The molecule has 10 nitrogen and oxygen atoms in total. The summed E-state index contributed by atoms with van der Waals surface area (Å²) < 4.78 is 0. The van der Waals surface area contributed by atoms with Crippen LogP contribution in [0.3, 0.4) is 0 Å². The zero-order valence-electron chi connectivity index (χ0n) is 22.5. The maximum absolute atomic E-state index is 13.6. The molecule has 4 amide bonds. The van der Waals surface area contributed by atoms with Gasteiger partial charge in [0.1, 0.15) is 12.6 Å². The summed E-state index contributed by atoms with van der Waals surface area (Å²) in [5, 5.41) is 28.4. The number of carbonyl (C=O) groups excluding carboxylic acids is 3. The van der Waals surface area contributed by atoms with Crippen LogP contribution in [0.15, 0.2) is 48.5 Å². The number of halogens is 1. The lowest BCUT2D eigenvalue weighted by Gasteiger charge is -2.51. The van der Waals surface area contributed by atoms with Crippen LogP contribution in [0.4, 0.5) is 10.5 Å². The van der Waals surface area contributed by atoms with E-state index in [9.17, 15) is 24.3 Å². The first-order valence-corrected chi connectivity index (χ1v) is 13.1. The number of carbonyl (C=O) groups is 4. The molecule has 0 unspecified atom stereocenters. The number of likely N-dealkylation sites (tertiary alicyclic amines) is 1. The van der Waals surface area contributed by atoms with E-state index in [1.165, 1.54) is 6.07 Å². The summed E-state index contributed by atoms with van der Waals surface area (Å²) in [5.41, 5.74) is -0.586. The number of nitrogens with zero attached hydrogens (tertiary/aromatic N) is 1. The summed E-state index contributed by atoms with van der Waals surface area (Å²) in [6.07, 6.45) is 0.323. The second kappa shape index (κ2) is 12.0. The molecule has 1 heterocycles. The number of urea groups is 1. The number of carboxylic acid groups (broad SMARTS) is 1. The molecular formula is C28H35ClN4O6. The van der Waals surface area contributed by atoms with E-state index in [4.69, 9.17) is 16.7 Å². The number of piperidine rings is 1. The largest absolute Gasteiger partial charge is 0.480 e. The molecule has 0 saturated carbocycles. The summed E-state index contributed by atoms with van der Waals surface area (Å²) in [6, 6.07) is 11.6. The number of hydrogen-bond acceptors (Lipinski definition) is 5. The molecule has 1 fully saturated rings. The lowest BCUT2D eigenvalue weighted by Crippen LogP contribution is -2.60. The maximum atomic E-state index is 13.6. The van der Waals surface area contributed by atoms with Gasteiger partial charge >= 0.3 is 12.0 Å². The molecule has 1 aliphatic rings. The third-order valence-corrected chi connectivity index (χ3v) is 7.34. The van der Waals surface area contributed by atoms with Crippen molar-refractivity contribution in [2.45, 2.75) is 45.8 Å². The van der Waals surface area contributed by atoms with Crippen molar-refractivity contribution in [3.05, 3.63) is 64.7 Å². The van der Waals surface area contributed by atoms with Crippen LogP contribution in [0.1, 0.15) is 50.0 Å². The summed E-state index contributed by atoms with van der Waals surface area (Å²) in [5.74, 6) is -2.14. The van der Waals surface area contributed by atoms with Crippen molar-refractivity contribution in [1.82, 2.24) is 15.5 Å². The zero-order chi connectivity index (χ0) is 29.0. The van der Waals surface area contributed by atoms with Crippen LogP contribution >= 0.6 is 11.6 Å². The molecule has 1 aliphatic heterocycles. The molecule has 2 aromatic carbocycles. The van der Waals surface area contributed by atoms with Gasteiger partial charge in [-0.2, -0.15) is 0 Å². The number of anilines is 1. The maximum Gasteiger partial charge on any atom is 0.323 e.